The molecule has 1 atom stereocenters. The van der Waals surface area contributed by atoms with E-state index in [2.05, 4.69) is 20.3 Å². The number of H-pyrrole nitrogens is 1. The van der Waals surface area contributed by atoms with Crippen LogP contribution in [0.1, 0.15) is 37.0 Å². The van der Waals surface area contributed by atoms with Crippen molar-refractivity contribution in [3.63, 3.8) is 0 Å². The highest BCUT2D eigenvalue weighted by atomic mass is 16.5. The number of nitrogens with zero attached hydrogens (tertiary/aromatic N) is 2. The van der Waals surface area contributed by atoms with Gasteiger partial charge < -0.3 is 15.0 Å². The molecule has 0 radical (unpaired) electrons. The number of aryl methyl sites for hydroxylation is 2. The standard InChI is InChI=1S/C15H20N4O2/c1-5-21-13-7-6-12(8-16-13)18-10(3)14-9(2)17-11(4)19-15(14)20/h6-8,10,18H,5H2,1-4H3,(H,17,19,20). The minimum atomic E-state index is -0.165. The normalized spacial score (nSPS) is 12.0. The minimum absolute atomic E-state index is 0.112. The third-order valence-corrected chi connectivity index (χ3v) is 3.11. The van der Waals surface area contributed by atoms with Crippen LogP contribution in [-0.2, 0) is 0 Å². The molecule has 0 saturated carbocycles. The van der Waals surface area contributed by atoms with Crippen LogP contribution in [0.5, 0.6) is 5.88 Å². The number of aromatic nitrogens is 3. The molecule has 2 aromatic rings. The van der Waals surface area contributed by atoms with Crippen molar-refractivity contribution in [1.29, 1.82) is 0 Å². The van der Waals surface area contributed by atoms with Crippen LogP contribution in [0.4, 0.5) is 5.69 Å². The van der Waals surface area contributed by atoms with Crippen LogP contribution in [0.15, 0.2) is 23.1 Å². The third kappa shape index (κ3) is 3.59. The van der Waals surface area contributed by atoms with Crippen molar-refractivity contribution in [2.24, 2.45) is 0 Å². The van der Waals surface area contributed by atoms with E-state index in [0.29, 0.717) is 23.9 Å². The second-order valence-corrected chi connectivity index (χ2v) is 4.83. The summed E-state index contributed by atoms with van der Waals surface area (Å²) in [6, 6.07) is 3.50. The highest BCUT2D eigenvalue weighted by molar-refractivity contribution is 5.44. The molecule has 6 heteroatoms. The highest BCUT2D eigenvalue weighted by Crippen LogP contribution is 2.19. The maximum Gasteiger partial charge on any atom is 0.256 e. The smallest absolute Gasteiger partial charge is 0.256 e. The van der Waals surface area contributed by atoms with Gasteiger partial charge in [0.05, 0.1) is 35.8 Å². The van der Waals surface area contributed by atoms with E-state index in [0.717, 1.165) is 11.4 Å². The Hall–Kier alpha value is -2.37. The van der Waals surface area contributed by atoms with Crippen molar-refractivity contribution in [2.75, 3.05) is 11.9 Å². The summed E-state index contributed by atoms with van der Waals surface area (Å²) in [4.78, 5) is 23.3. The van der Waals surface area contributed by atoms with Crippen molar-refractivity contribution in [1.82, 2.24) is 15.0 Å². The molecule has 6 nitrogen and oxygen atoms in total. The lowest BCUT2D eigenvalue weighted by Gasteiger charge is -2.16. The molecule has 0 saturated heterocycles. The summed E-state index contributed by atoms with van der Waals surface area (Å²) in [5.41, 5.74) is 2.08. The maximum atomic E-state index is 12.1. The molecule has 2 aromatic heterocycles. The predicted octanol–water partition coefficient (Wildman–Crippen LogP) is 2.35. The summed E-state index contributed by atoms with van der Waals surface area (Å²) in [7, 11) is 0. The second kappa shape index (κ2) is 6.39. The molecule has 2 heterocycles. The van der Waals surface area contributed by atoms with Crippen LogP contribution in [0.25, 0.3) is 0 Å². The number of hydrogen-bond acceptors (Lipinski definition) is 5. The van der Waals surface area contributed by atoms with E-state index in [1.807, 2.05) is 26.8 Å². The fraction of sp³-hybridized carbons (Fsp3) is 0.400. The van der Waals surface area contributed by atoms with E-state index < -0.39 is 0 Å². The average molecular weight is 288 g/mol. The Kier molecular flexibility index (Phi) is 4.57. The molecule has 0 bridgehead atoms. The lowest BCUT2D eigenvalue weighted by Crippen LogP contribution is -2.23. The molecule has 0 aliphatic rings. The van der Waals surface area contributed by atoms with Crippen LogP contribution < -0.4 is 15.6 Å². The van der Waals surface area contributed by atoms with Crippen LogP contribution in [-0.4, -0.2) is 21.6 Å². The minimum Gasteiger partial charge on any atom is -0.478 e. The first kappa shape index (κ1) is 15.0. The number of hydrogen-bond donors (Lipinski definition) is 2. The van der Waals surface area contributed by atoms with Gasteiger partial charge >= 0.3 is 0 Å². The molecule has 0 aliphatic carbocycles. The Labute approximate surface area is 123 Å². The number of rotatable bonds is 5. The zero-order valence-electron chi connectivity index (χ0n) is 12.7. The molecular weight excluding hydrogens is 268 g/mol. The number of ether oxygens (including phenoxy) is 1. The first-order chi connectivity index (χ1) is 10.0. The van der Waals surface area contributed by atoms with Crippen molar-refractivity contribution >= 4 is 5.69 Å². The SMILES string of the molecule is CCOc1ccc(NC(C)c2c(C)nc(C)[nH]c2=O)cn1. The van der Waals surface area contributed by atoms with Gasteiger partial charge in [0.1, 0.15) is 5.82 Å². The summed E-state index contributed by atoms with van der Waals surface area (Å²) < 4.78 is 5.30. The topological polar surface area (TPSA) is 79.9 Å². The summed E-state index contributed by atoms with van der Waals surface area (Å²) in [5, 5.41) is 3.25. The van der Waals surface area contributed by atoms with Gasteiger partial charge in [0, 0.05) is 6.07 Å². The summed E-state index contributed by atoms with van der Waals surface area (Å²) in [6.45, 7) is 8.03. The van der Waals surface area contributed by atoms with Gasteiger partial charge in [-0.2, -0.15) is 0 Å². The molecule has 0 spiro atoms. The first-order valence-corrected chi connectivity index (χ1v) is 6.94. The van der Waals surface area contributed by atoms with Crippen LogP contribution in [0.3, 0.4) is 0 Å². The quantitative estimate of drug-likeness (QED) is 0.882. The molecular formula is C15H20N4O2. The molecule has 112 valence electrons. The highest BCUT2D eigenvalue weighted by Gasteiger charge is 2.14. The summed E-state index contributed by atoms with van der Waals surface area (Å²) >= 11 is 0. The van der Waals surface area contributed by atoms with Crippen molar-refractivity contribution in [3.05, 3.63) is 45.8 Å². The Morgan fingerprint density at radius 1 is 1.38 bits per heavy atom. The first-order valence-electron chi connectivity index (χ1n) is 6.94. The molecule has 0 fully saturated rings. The molecule has 0 amide bonds. The van der Waals surface area contributed by atoms with Gasteiger partial charge in [0.15, 0.2) is 0 Å². The van der Waals surface area contributed by atoms with Gasteiger partial charge in [-0.05, 0) is 33.8 Å². The predicted molar refractivity (Wildman–Crippen MR) is 81.8 cm³/mol. The largest absolute Gasteiger partial charge is 0.478 e. The van der Waals surface area contributed by atoms with Gasteiger partial charge in [-0.15, -0.1) is 0 Å². The van der Waals surface area contributed by atoms with Crippen molar-refractivity contribution in [3.8, 4) is 5.88 Å². The monoisotopic (exact) mass is 288 g/mol. The number of nitrogens with one attached hydrogen (secondary N) is 2. The van der Waals surface area contributed by atoms with E-state index in [1.54, 1.807) is 19.2 Å². The van der Waals surface area contributed by atoms with Crippen molar-refractivity contribution < 1.29 is 4.74 Å². The van der Waals surface area contributed by atoms with Gasteiger partial charge in [-0.3, -0.25) is 4.79 Å². The van der Waals surface area contributed by atoms with Gasteiger partial charge in [-0.1, -0.05) is 0 Å². The Morgan fingerprint density at radius 3 is 2.71 bits per heavy atom. The molecule has 2 N–H and O–H groups in total. The fourth-order valence-corrected chi connectivity index (χ4v) is 2.27. The average Bonchev–Trinajstić information content (AvgIpc) is 2.40. The Morgan fingerprint density at radius 2 is 2.14 bits per heavy atom. The number of anilines is 1. The maximum absolute atomic E-state index is 12.1. The van der Waals surface area contributed by atoms with E-state index >= 15 is 0 Å². The van der Waals surface area contributed by atoms with Crippen LogP contribution >= 0.6 is 0 Å². The second-order valence-electron chi connectivity index (χ2n) is 4.83. The number of aromatic amines is 1. The van der Waals surface area contributed by atoms with Crippen molar-refractivity contribution in [2.45, 2.75) is 33.7 Å². The van der Waals surface area contributed by atoms with Gasteiger partial charge in [0.25, 0.3) is 5.56 Å². The zero-order chi connectivity index (χ0) is 15.4. The Balaban J connectivity index is 2.18. The Bertz CT molecular complexity index is 664. The molecule has 1 unspecified atom stereocenters. The van der Waals surface area contributed by atoms with E-state index in [9.17, 15) is 4.79 Å². The third-order valence-electron chi connectivity index (χ3n) is 3.11. The molecule has 0 aromatic carbocycles. The number of pyridine rings is 1. The lowest BCUT2D eigenvalue weighted by atomic mass is 10.1. The fourth-order valence-electron chi connectivity index (χ4n) is 2.27. The summed E-state index contributed by atoms with van der Waals surface area (Å²) in [6.07, 6.45) is 1.69. The zero-order valence-corrected chi connectivity index (χ0v) is 12.7. The van der Waals surface area contributed by atoms with E-state index in [-0.39, 0.29) is 11.6 Å². The van der Waals surface area contributed by atoms with Gasteiger partial charge in [-0.25, -0.2) is 9.97 Å². The van der Waals surface area contributed by atoms with Gasteiger partial charge in [0.2, 0.25) is 5.88 Å². The lowest BCUT2D eigenvalue weighted by molar-refractivity contribution is 0.327. The van der Waals surface area contributed by atoms with Crippen LogP contribution in [0.2, 0.25) is 0 Å². The van der Waals surface area contributed by atoms with E-state index in [4.69, 9.17) is 4.74 Å². The van der Waals surface area contributed by atoms with Crippen LogP contribution in [0, 0.1) is 13.8 Å². The molecule has 2 rings (SSSR count). The molecule has 21 heavy (non-hydrogen) atoms. The molecule has 0 aliphatic heterocycles. The van der Waals surface area contributed by atoms with E-state index in [1.165, 1.54) is 0 Å². The summed E-state index contributed by atoms with van der Waals surface area (Å²) in [5.74, 6) is 1.21.